The van der Waals surface area contributed by atoms with Gasteiger partial charge in [-0.25, -0.2) is 14.6 Å². The molecule has 5 heteroatoms. The van der Waals surface area contributed by atoms with Gasteiger partial charge in [0.15, 0.2) is 5.82 Å². The van der Waals surface area contributed by atoms with E-state index in [-0.39, 0.29) is 5.41 Å². The van der Waals surface area contributed by atoms with Crippen LogP contribution in [0.15, 0.2) is 12.1 Å². The van der Waals surface area contributed by atoms with E-state index < -0.39 is 0 Å². The monoisotopic (exact) mass is 259 g/mol. The predicted molar refractivity (Wildman–Crippen MR) is 76.9 cm³/mol. The first-order valence-corrected chi connectivity index (χ1v) is 6.42. The van der Waals surface area contributed by atoms with E-state index in [2.05, 4.69) is 41.2 Å². The molecule has 0 amide bonds. The molecule has 2 rings (SSSR count). The van der Waals surface area contributed by atoms with E-state index in [9.17, 15) is 0 Å². The smallest absolute Gasteiger partial charge is 0.159 e. The fourth-order valence-electron chi connectivity index (χ4n) is 1.87. The third-order valence-corrected chi connectivity index (χ3v) is 2.87. The maximum absolute atomic E-state index is 4.65. The van der Waals surface area contributed by atoms with Crippen LogP contribution < -0.4 is 5.32 Å². The summed E-state index contributed by atoms with van der Waals surface area (Å²) in [4.78, 5) is 9.17. The Morgan fingerprint density at radius 2 is 1.79 bits per heavy atom. The molecular weight excluding hydrogens is 238 g/mol. The van der Waals surface area contributed by atoms with Crippen LogP contribution in [0.25, 0.3) is 5.82 Å². The predicted octanol–water partition coefficient (Wildman–Crippen LogP) is 2.62. The molecule has 0 aromatic carbocycles. The van der Waals surface area contributed by atoms with Crippen molar-refractivity contribution in [2.45, 2.75) is 40.0 Å². The van der Waals surface area contributed by atoms with Crippen LogP contribution in [0.2, 0.25) is 0 Å². The van der Waals surface area contributed by atoms with Crippen molar-refractivity contribution in [2.75, 3.05) is 12.4 Å². The molecule has 19 heavy (non-hydrogen) atoms. The lowest BCUT2D eigenvalue weighted by molar-refractivity contribution is 0.542. The Hall–Kier alpha value is -1.91. The fraction of sp³-hybridized carbons (Fsp3) is 0.500. The van der Waals surface area contributed by atoms with Crippen molar-refractivity contribution in [3.8, 4) is 5.82 Å². The van der Waals surface area contributed by atoms with Crippen molar-refractivity contribution >= 4 is 5.82 Å². The van der Waals surface area contributed by atoms with Crippen LogP contribution in [0.3, 0.4) is 0 Å². The van der Waals surface area contributed by atoms with Gasteiger partial charge in [0.1, 0.15) is 11.6 Å². The molecule has 0 spiro atoms. The number of nitrogens with one attached hydrogen (secondary N) is 1. The van der Waals surface area contributed by atoms with Gasteiger partial charge in [-0.1, -0.05) is 20.8 Å². The molecule has 0 saturated heterocycles. The average molecular weight is 259 g/mol. The molecule has 2 heterocycles. The molecule has 1 N–H and O–H groups in total. The Balaban J connectivity index is 2.60. The number of nitrogens with zero attached hydrogens (tertiary/aromatic N) is 4. The third-order valence-electron chi connectivity index (χ3n) is 2.87. The van der Waals surface area contributed by atoms with E-state index in [1.165, 1.54) is 0 Å². The molecule has 2 aromatic heterocycles. The fourth-order valence-corrected chi connectivity index (χ4v) is 1.87. The molecular formula is C14H21N5. The second kappa shape index (κ2) is 4.64. The van der Waals surface area contributed by atoms with Crippen molar-refractivity contribution in [2.24, 2.45) is 0 Å². The van der Waals surface area contributed by atoms with Gasteiger partial charge in [0.2, 0.25) is 0 Å². The quantitative estimate of drug-likeness (QED) is 0.900. The summed E-state index contributed by atoms with van der Waals surface area (Å²) in [5.41, 5.74) is 1.95. The Bertz CT molecular complexity index is 592. The third kappa shape index (κ3) is 2.75. The van der Waals surface area contributed by atoms with Crippen molar-refractivity contribution in [1.82, 2.24) is 19.7 Å². The molecule has 5 nitrogen and oxygen atoms in total. The van der Waals surface area contributed by atoms with Crippen LogP contribution in [0, 0.1) is 13.8 Å². The Morgan fingerprint density at radius 1 is 1.11 bits per heavy atom. The average Bonchev–Trinajstić information content (AvgIpc) is 2.66. The van der Waals surface area contributed by atoms with Crippen molar-refractivity contribution in [1.29, 1.82) is 0 Å². The van der Waals surface area contributed by atoms with Gasteiger partial charge in [-0.2, -0.15) is 5.10 Å². The highest BCUT2D eigenvalue weighted by atomic mass is 15.3. The van der Waals surface area contributed by atoms with E-state index >= 15 is 0 Å². The number of anilines is 1. The Labute approximate surface area is 114 Å². The lowest BCUT2D eigenvalue weighted by Gasteiger charge is -2.18. The summed E-state index contributed by atoms with van der Waals surface area (Å²) >= 11 is 0. The minimum Gasteiger partial charge on any atom is -0.373 e. The van der Waals surface area contributed by atoms with E-state index in [1.807, 2.05) is 37.7 Å². The normalized spacial score (nSPS) is 11.7. The summed E-state index contributed by atoms with van der Waals surface area (Å²) in [7, 11) is 1.86. The summed E-state index contributed by atoms with van der Waals surface area (Å²) in [6.45, 7) is 10.3. The molecule has 0 radical (unpaired) electrons. The van der Waals surface area contributed by atoms with Gasteiger partial charge in [-0.15, -0.1) is 0 Å². The summed E-state index contributed by atoms with van der Waals surface area (Å²) in [6.07, 6.45) is 0. The summed E-state index contributed by atoms with van der Waals surface area (Å²) in [5, 5.41) is 7.56. The molecule has 0 aliphatic rings. The molecule has 2 aromatic rings. The molecule has 0 unspecified atom stereocenters. The maximum Gasteiger partial charge on any atom is 0.159 e. The van der Waals surface area contributed by atoms with Crippen LogP contribution >= 0.6 is 0 Å². The topological polar surface area (TPSA) is 55.6 Å². The van der Waals surface area contributed by atoms with Gasteiger partial charge < -0.3 is 5.32 Å². The number of hydrogen-bond acceptors (Lipinski definition) is 4. The highest BCUT2D eigenvalue weighted by Crippen LogP contribution is 2.22. The zero-order valence-electron chi connectivity index (χ0n) is 12.4. The highest BCUT2D eigenvalue weighted by Gasteiger charge is 2.20. The first-order valence-electron chi connectivity index (χ1n) is 6.42. The second-order valence-electron chi connectivity index (χ2n) is 5.77. The van der Waals surface area contributed by atoms with Gasteiger partial charge in [-0.05, 0) is 19.9 Å². The van der Waals surface area contributed by atoms with Crippen molar-refractivity contribution < 1.29 is 0 Å². The van der Waals surface area contributed by atoms with Gasteiger partial charge in [-0.3, -0.25) is 0 Å². The van der Waals surface area contributed by atoms with E-state index in [0.29, 0.717) is 0 Å². The zero-order valence-corrected chi connectivity index (χ0v) is 12.4. The minimum atomic E-state index is -0.0995. The van der Waals surface area contributed by atoms with Crippen LogP contribution in [0.1, 0.15) is 38.0 Å². The first-order chi connectivity index (χ1) is 8.81. The lowest BCUT2D eigenvalue weighted by atomic mass is 9.96. The highest BCUT2D eigenvalue weighted by molar-refractivity contribution is 5.42. The largest absolute Gasteiger partial charge is 0.373 e. The summed E-state index contributed by atoms with van der Waals surface area (Å²) in [5.74, 6) is 2.42. The van der Waals surface area contributed by atoms with Gasteiger partial charge in [0.05, 0.1) is 5.69 Å². The molecule has 102 valence electrons. The van der Waals surface area contributed by atoms with Crippen molar-refractivity contribution in [3.63, 3.8) is 0 Å². The SMILES string of the molecule is CNc1cc(-n2nc(C)cc2C)nc(C(C)(C)C)n1. The van der Waals surface area contributed by atoms with Crippen LogP contribution in [0.4, 0.5) is 5.82 Å². The first kappa shape index (κ1) is 13.5. The Morgan fingerprint density at radius 3 is 2.26 bits per heavy atom. The molecule has 0 fully saturated rings. The maximum atomic E-state index is 4.65. The molecule has 0 saturated carbocycles. The van der Waals surface area contributed by atoms with Gasteiger partial charge in [0, 0.05) is 24.2 Å². The minimum absolute atomic E-state index is 0.0995. The van der Waals surface area contributed by atoms with E-state index in [4.69, 9.17) is 0 Å². The van der Waals surface area contributed by atoms with E-state index in [1.54, 1.807) is 0 Å². The van der Waals surface area contributed by atoms with Crippen LogP contribution in [0.5, 0.6) is 0 Å². The zero-order chi connectivity index (χ0) is 14.2. The van der Waals surface area contributed by atoms with E-state index in [0.717, 1.165) is 28.8 Å². The van der Waals surface area contributed by atoms with Crippen LogP contribution in [-0.4, -0.2) is 26.8 Å². The standard InChI is InChI=1S/C14H21N5/c1-9-7-10(2)19(18-9)12-8-11(15-6)16-13(17-12)14(3,4)5/h7-8H,1-6H3,(H,15,16,17). The number of aryl methyl sites for hydroxylation is 2. The molecule has 0 atom stereocenters. The Kier molecular flexibility index (Phi) is 3.30. The summed E-state index contributed by atoms with van der Waals surface area (Å²) < 4.78 is 1.85. The number of hydrogen-bond donors (Lipinski definition) is 1. The molecule has 0 bridgehead atoms. The van der Waals surface area contributed by atoms with Crippen molar-refractivity contribution in [3.05, 3.63) is 29.3 Å². The molecule has 0 aliphatic carbocycles. The molecule has 0 aliphatic heterocycles. The van der Waals surface area contributed by atoms with Crippen LogP contribution in [-0.2, 0) is 5.41 Å². The number of aromatic nitrogens is 4. The lowest BCUT2D eigenvalue weighted by Crippen LogP contribution is -2.19. The second-order valence-corrected chi connectivity index (χ2v) is 5.77. The van der Waals surface area contributed by atoms with Gasteiger partial charge in [0.25, 0.3) is 0 Å². The number of rotatable bonds is 2. The van der Waals surface area contributed by atoms with Gasteiger partial charge >= 0.3 is 0 Å². The summed E-state index contributed by atoms with van der Waals surface area (Å²) in [6, 6.07) is 3.95.